The molecule has 3 aliphatic rings. The van der Waals surface area contributed by atoms with Crippen LogP contribution >= 0.6 is 0 Å². The number of para-hydroxylation sites is 2. The molecule has 2 aromatic rings. The summed E-state index contributed by atoms with van der Waals surface area (Å²) in [5.74, 6) is 1.22. The largest absolute Gasteiger partial charge is 0.440 e. The fraction of sp³-hybridized carbons (Fsp3) is 0.591. The summed E-state index contributed by atoms with van der Waals surface area (Å²) in [6.07, 6.45) is 6.73. The highest BCUT2D eigenvalue weighted by atomic mass is 16.3. The van der Waals surface area contributed by atoms with E-state index in [1.807, 2.05) is 34.1 Å². The van der Waals surface area contributed by atoms with Crippen molar-refractivity contribution in [3.05, 3.63) is 30.2 Å². The van der Waals surface area contributed by atoms with Crippen LogP contribution in [0.25, 0.3) is 11.1 Å². The van der Waals surface area contributed by atoms with Gasteiger partial charge >= 0.3 is 0 Å². The minimum absolute atomic E-state index is 0.157. The van der Waals surface area contributed by atoms with Crippen LogP contribution in [0.4, 0.5) is 0 Å². The SMILES string of the molecule is O=C([C@@H]1CC(=O)N(C2CCCC2)C1)N1CCC(c2nc3ccccc3o2)CC1. The van der Waals surface area contributed by atoms with Crippen molar-refractivity contribution in [2.24, 2.45) is 5.92 Å². The molecule has 0 radical (unpaired) electrons. The molecule has 148 valence electrons. The predicted octanol–water partition coefficient (Wildman–Crippen LogP) is 3.32. The van der Waals surface area contributed by atoms with Gasteiger partial charge < -0.3 is 14.2 Å². The quantitative estimate of drug-likeness (QED) is 0.818. The van der Waals surface area contributed by atoms with Gasteiger partial charge in [-0.1, -0.05) is 25.0 Å². The molecule has 1 saturated carbocycles. The lowest BCUT2D eigenvalue weighted by molar-refractivity contribution is -0.136. The molecule has 6 heteroatoms. The van der Waals surface area contributed by atoms with E-state index in [1.165, 1.54) is 12.8 Å². The van der Waals surface area contributed by atoms with Gasteiger partial charge in [-0.05, 0) is 37.8 Å². The summed E-state index contributed by atoms with van der Waals surface area (Å²) in [7, 11) is 0. The van der Waals surface area contributed by atoms with Crippen molar-refractivity contribution in [1.82, 2.24) is 14.8 Å². The van der Waals surface area contributed by atoms with Crippen molar-refractivity contribution in [2.75, 3.05) is 19.6 Å². The molecule has 1 aromatic heterocycles. The Morgan fingerprint density at radius 2 is 1.82 bits per heavy atom. The normalized spacial score (nSPS) is 24.6. The number of amides is 2. The second-order valence-corrected chi connectivity index (χ2v) is 8.50. The van der Waals surface area contributed by atoms with E-state index in [0.29, 0.717) is 19.0 Å². The van der Waals surface area contributed by atoms with Crippen LogP contribution in [-0.2, 0) is 9.59 Å². The summed E-state index contributed by atoms with van der Waals surface area (Å²) in [5, 5.41) is 0. The maximum atomic E-state index is 13.0. The average molecular weight is 381 g/mol. The molecule has 2 aliphatic heterocycles. The summed E-state index contributed by atoms with van der Waals surface area (Å²) in [6.45, 7) is 2.06. The van der Waals surface area contributed by atoms with E-state index in [1.54, 1.807) is 0 Å². The topological polar surface area (TPSA) is 66.7 Å². The minimum atomic E-state index is -0.158. The number of oxazole rings is 1. The van der Waals surface area contributed by atoms with E-state index in [4.69, 9.17) is 4.42 Å². The Balaban J connectivity index is 1.19. The van der Waals surface area contributed by atoms with Gasteiger partial charge in [-0.15, -0.1) is 0 Å². The second kappa shape index (κ2) is 7.22. The molecule has 1 atom stereocenters. The van der Waals surface area contributed by atoms with Crippen molar-refractivity contribution >= 4 is 22.9 Å². The van der Waals surface area contributed by atoms with Crippen LogP contribution in [0, 0.1) is 5.92 Å². The molecule has 5 rings (SSSR count). The fourth-order valence-electron chi connectivity index (χ4n) is 5.14. The molecule has 0 spiro atoms. The molecule has 6 nitrogen and oxygen atoms in total. The van der Waals surface area contributed by atoms with Gasteiger partial charge in [0.25, 0.3) is 0 Å². The Morgan fingerprint density at radius 1 is 1.07 bits per heavy atom. The lowest BCUT2D eigenvalue weighted by atomic mass is 9.95. The Bertz CT molecular complexity index is 845. The van der Waals surface area contributed by atoms with Crippen molar-refractivity contribution in [3.8, 4) is 0 Å². The number of likely N-dealkylation sites (tertiary alicyclic amines) is 2. The van der Waals surface area contributed by atoms with E-state index in [-0.39, 0.29) is 23.7 Å². The van der Waals surface area contributed by atoms with Crippen LogP contribution in [0.5, 0.6) is 0 Å². The molecule has 2 amide bonds. The van der Waals surface area contributed by atoms with E-state index in [0.717, 1.165) is 55.8 Å². The van der Waals surface area contributed by atoms with E-state index >= 15 is 0 Å². The van der Waals surface area contributed by atoms with Crippen LogP contribution < -0.4 is 0 Å². The Labute approximate surface area is 164 Å². The molecule has 0 unspecified atom stereocenters. The first-order valence-electron chi connectivity index (χ1n) is 10.6. The zero-order valence-corrected chi connectivity index (χ0v) is 16.2. The third kappa shape index (κ3) is 3.19. The first-order chi connectivity index (χ1) is 13.7. The predicted molar refractivity (Wildman–Crippen MR) is 105 cm³/mol. The highest BCUT2D eigenvalue weighted by Crippen LogP contribution is 2.33. The fourth-order valence-corrected chi connectivity index (χ4v) is 5.14. The zero-order chi connectivity index (χ0) is 19.1. The Kier molecular flexibility index (Phi) is 4.57. The van der Waals surface area contributed by atoms with E-state index in [2.05, 4.69) is 4.98 Å². The summed E-state index contributed by atoms with van der Waals surface area (Å²) < 4.78 is 5.92. The number of aromatic nitrogens is 1. The second-order valence-electron chi connectivity index (χ2n) is 8.50. The summed E-state index contributed by atoms with van der Waals surface area (Å²) in [4.78, 5) is 34.0. The van der Waals surface area contributed by atoms with Gasteiger partial charge in [0.2, 0.25) is 11.8 Å². The highest BCUT2D eigenvalue weighted by Gasteiger charge is 2.40. The van der Waals surface area contributed by atoms with Crippen LogP contribution in [0.15, 0.2) is 28.7 Å². The molecule has 0 bridgehead atoms. The monoisotopic (exact) mass is 381 g/mol. The Hall–Kier alpha value is -2.37. The highest BCUT2D eigenvalue weighted by molar-refractivity contribution is 5.89. The van der Waals surface area contributed by atoms with E-state index in [9.17, 15) is 9.59 Å². The summed E-state index contributed by atoms with van der Waals surface area (Å²) >= 11 is 0. The number of carbonyl (C=O) groups is 2. The number of hydrogen-bond acceptors (Lipinski definition) is 4. The van der Waals surface area contributed by atoms with Crippen molar-refractivity contribution in [2.45, 2.75) is 56.9 Å². The van der Waals surface area contributed by atoms with Crippen molar-refractivity contribution < 1.29 is 14.0 Å². The van der Waals surface area contributed by atoms with Crippen LogP contribution in [0.3, 0.4) is 0 Å². The first kappa shape index (κ1) is 17.7. The number of nitrogens with zero attached hydrogens (tertiary/aromatic N) is 3. The molecular formula is C22H27N3O3. The minimum Gasteiger partial charge on any atom is -0.440 e. The number of carbonyl (C=O) groups excluding carboxylic acids is 2. The number of rotatable bonds is 3. The number of benzene rings is 1. The van der Waals surface area contributed by atoms with E-state index < -0.39 is 0 Å². The Morgan fingerprint density at radius 3 is 2.57 bits per heavy atom. The summed E-state index contributed by atoms with van der Waals surface area (Å²) in [5.41, 5.74) is 1.72. The first-order valence-corrected chi connectivity index (χ1v) is 10.6. The maximum absolute atomic E-state index is 13.0. The smallest absolute Gasteiger partial charge is 0.227 e. The molecule has 3 heterocycles. The van der Waals surface area contributed by atoms with Gasteiger partial charge in [-0.3, -0.25) is 9.59 Å². The molecule has 1 aliphatic carbocycles. The van der Waals surface area contributed by atoms with Gasteiger partial charge in [0.05, 0.1) is 5.92 Å². The third-order valence-electron chi connectivity index (χ3n) is 6.74. The number of piperidine rings is 1. The van der Waals surface area contributed by atoms with Crippen molar-refractivity contribution in [3.63, 3.8) is 0 Å². The maximum Gasteiger partial charge on any atom is 0.227 e. The molecule has 3 fully saturated rings. The van der Waals surface area contributed by atoms with Crippen LogP contribution in [-0.4, -0.2) is 52.3 Å². The molecule has 2 saturated heterocycles. The van der Waals surface area contributed by atoms with Gasteiger partial charge in [-0.2, -0.15) is 0 Å². The van der Waals surface area contributed by atoms with Gasteiger partial charge in [0, 0.05) is 38.0 Å². The molecule has 1 aromatic carbocycles. The standard InChI is InChI=1S/C22H27N3O3/c26-20-13-16(14-25(20)17-5-1-2-6-17)22(27)24-11-9-15(10-12-24)21-23-18-7-3-4-8-19(18)28-21/h3-4,7-8,15-17H,1-2,5-6,9-14H2/t16-/m1/s1. The van der Waals surface area contributed by atoms with Gasteiger partial charge in [0.1, 0.15) is 5.52 Å². The average Bonchev–Trinajstić information content (AvgIpc) is 3.46. The number of hydrogen-bond donors (Lipinski definition) is 0. The van der Waals surface area contributed by atoms with Crippen LogP contribution in [0.2, 0.25) is 0 Å². The number of fused-ring (bicyclic) bond motifs is 1. The molecule has 28 heavy (non-hydrogen) atoms. The lowest BCUT2D eigenvalue weighted by Crippen LogP contribution is -2.42. The molecule has 0 N–H and O–H groups in total. The van der Waals surface area contributed by atoms with Gasteiger partial charge in [0.15, 0.2) is 11.5 Å². The molecular weight excluding hydrogens is 354 g/mol. The summed E-state index contributed by atoms with van der Waals surface area (Å²) in [6, 6.07) is 8.20. The lowest BCUT2D eigenvalue weighted by Gasteiger charge is -2.32. The zero-order valence-electron chi connectivity index (χ0n) is 16.2. The van der Waals surface area contributed by atoms with Crippen molar-refractivity contribution in [1.29, 1.82) is 0 Å². The van der Waals surface area contributed by atoms with Gasteiger partial charge in [-0.25, -0.2) is 4.98 Å². The van der Waals surface area contributed by atoms with Crippen LogP contribution in [0.1, 0.15) is 56.8 Å². The third-order valence-corrected chi connectivity index (χ3v) is 6.74.